The van der Waals surface area contributed by atoms with Crippen molar-refractivity contribution >= 4 is 79.7 Å². The zero-order chi connectivity index (χ0) is 19.8. The van der Waals surface area contributed by atoms with E-state index in [-0.39, 0.29) is 133 Å². The molecule has 1 aliphatic heterocycles. The van der Waals surface area contributed by atoms with Crippen LogP contribution in [0.2, 0.25) is 0 Å². The molecular formula is C14H26Br4F6N4O2. The second-order valence-electron chi connectivity index (χ2n) is 5.79. The molecule has 6 nitrogen and oxygen atoms in total. The number of carbonyl (C=O) groups excluding carboxylic acids is 2. The number of alkyl halides is 6. The Kier molecular flexibility index (Phi) is 22.4. The highest BCUT2D eigenvalue weighted by Gasteiger charge is 2.43. The Morgan fingerprint density at radius 3 is 1.13 bits per heavy atom. The molecule has 0 radical (unpaired) electrons. The molecule has 2 N–H and O–H groups in total. The van der Waals surface area contributed by atoms with Gasteiger partial charge >= 0.3 is 24.2 Å². The summed E-state index contributed by atoms with van der Waals surface area (Å²) < 4.78 is 75.4. The highest BCUT2D eigenvalue weighted by Crippen LogP contribution is 2.19. The fourth-order valence-corrected chi connectivity index (χ4v) is 2.46. The number of amides is 2. The summed E-state index contributed by atoms with van der Waals surface area (Å²) in [7, 11) is 0. The highest BCUT2D eigenvalue weighted by molar-refractivity contribution is 8.93. The van der Waals surface area contributed by atoms with E-state index < -0.39 is 24.2 Å². The van der Waals surface area contributed by atoms with Gasteiger partial charge in [-0.3, -0.25) is 9.59 Å². The van der Waals surface area contributed by atoms with E-state index in [4.69, 9.17) is 0 Å². The summed E-state index contributed by atoms with van der Waals surface area (Å²) in [5.41, 5.74) is 0. The van der Waals surface area contributed by atoms with Crippen LogP contribution in [0, 0.1) is 0 Å². The maximum absolute atomic E-state index is 12.6. The van der Waals surface area contributed by atoms with Crippen molar-refractivity contribution in [3.05, 3.63) is 0 Å². The molecule has 1 heterocycles. The van der Waals surface area contributed by atoms with Crippen molar-refractivity contribution in [3.63, 3.8) is 0 Å². The molecule has 0 saturated carbocycles. The van der Waals surface area contributed by atoms with Gasteiger partial charge in [0.1, 0.15) is 0 Å². The third-order valence-electron chi connectivity index (χ3n) is 3.74. The molecule has 0 unspecified atom stereocenters. The number of rotatable bonds is 0. The van der Waals surface area contributed by atoms with Gasteiger partial charge in [0.05, 0.1) is 0 Å². The maximum Gasteiger partial charge on any atom is 0.471 e. The van der Waals surface area contributed by atoms with Crippen molar-refractivity contribution in [1.29, 1.82) is 0 Å². The van der Waals surface area contributed by atoms with E-state index in [9.17, 15) is 35.9 Å². The minimum atomic E-state index is -4.95. The average Bonchev–Trinajstić information content (AvgIpc) is 2.53. The summed E-state index contributed by atoms with van der Waals surface area (Å²) in [4.78, 5) is 24.2. The standard InChI is InChI=1S/C14H22F6N4O2.4BrH/c15-13(16,17)11(25)23-7-1-3-21-5-10-24(12(26)14(18,19)20)8-2-4-22-6-9-23;;;;/h21-22H,1-10H2;4*1H. The monoisotopic (exact) mass is 712 g/mol. The smallest absolute Gasteiger partial charge is 0.334 e. The fourth-order valence-electron chi connectivity index (χ4n) is 2.46. The van der Waals surface area contributed by atoms with Crippen molar-refractivity contribution in [2.24, 2.45) is 0 Å². The number of nitrogens with zero attached hydrogens (tertiary/aromatic N) is 2. The van der Waals surface area contributed by atoms with Crippen LogP contribution in [-0.4, -0.2) is 86.3 Å². The quantitative estimate of drug-likeness (QED) is 0.379. The van der Waals surface area contributed by atoms with Gasteiger partial charge in [0, 0.05) is 39.3 Å². The van der Waals surface area contributed by atoms with E-state index in [1.807, 2.05) is 0 Å². The second-order valence-corrected chi connectivity index (χ2v) is 5.79. The molecule has 2 amide bonds. The lowest BCUT2D eigenvalue weighted by Gasteiger charge is -2.26. The SMILES string of the molecule is Br.Br.Br.Br.O=C(N1CCCNCCN(C(=O)C(F)(F)F)CCCNCC1)C(F)(F)F. The molecule has 0 aromatic rings. The predicted octanol–water partition coefficient (Wildman–Crippen LogP) is 3.05. The summed E-state index contributed by atoms with van der Waals surface area (Å²) in [6, 6.07) is 0. The van der Waals surface area contributed by atoms with Crippen molar-refractivity contribution in [2.45, 2.75) is 25.2 Å². The minimum absolute atomic E-state index is 0. The van der Waals surface area contributed by atoms with E-state index in [2.05, 4.69) is 10.6 Å². The molecule has 0 aliphatic carbocycles. The van der Waals surface area contributed by atoms with Crippen LogP contribution in [0.5, 0.6) is 0 Å². The van der Waals surface area contributed by atoms with E-state index >= 15 is 0 Å². The lowest BCUT2D eigenvalue weighted by Crippen LogP contribution is -2.47. The van der Waals surface area contributed by atoms with Gasteiger partial charge in [-0.25, -0.2) is 0 Å². The summed E-state index contributed by atoms with van der Waals surface area (Å²) >= 11 is 0. The normalized spacial score (nSPS) is 17.1. The zero-order valence-corrected chi connectivity index (χ0v) is 22.5. The van der Waals surface area contributed by atoms with Crippen LogP contribution in [0.25, 0.3) is 0 Å². The third kappa shape index (κ3) is 14.4. The van der Waals surface area contributed by atoms with Gasteiger partial charge in [0.25, 0.3) is 0 Å². The van der Waals surface area contributed by atoms with Crippen molar-refractivity contribution in [1.82, 2.24) is 20.4 Å². The van der Waals surface area contributed by atoms with E-state index in [1.54, 1.807) is 0 Å². The fraction of sp³-hybridized carbons (Fsp3) is 0.857. The van der Waals surface area contributed by atoms with Crippen LogP contribution in [0.15, 0.2) is 0 Å². The Hall–Kier alpha value is 0.360. The molecule has 184 valence electrons. The Labute approximate surface area is 212 Å². The number of carbonyl (C=O) groups is 2. The molecule has 0 aromatic heterocycles. The molecule has 0 bridgehead atoms. The summed E-state index contributed by atoms with van der Waals surface area (Å²) in [5.74, 6) is -3.82. The molecule has 0 spiro atoms. The lowest BCUT2D eigenvalue weighted by atomic mass is 10.3. The van der Waals surface area contributed by atoms with Crippen LogP contribution in [0.4, 0.5) is 26.3 Å². The summed E-state index contributed by atoms with van der Waals surface area (Å²) in [5, 5.41) is 5.56. The van der Waals surface area contributed by atoms with E-state index in [0.717, 1.165) is 0 Å². The molecule has 1 fully saturated rings. The first kappa shape index (κ1) is 37.7. The topological polar surface area (TPSA) is 64.7 Å². The van der Waals surface area contributed by atoms with Crippen molar-refractivity contribution in [2.75, 3.05) is 52.4 Å². The molecule has 1 aliphatic rings. The highest BCUT2D eigenvalue weighted by atomic mass is 79.9. The van der Waals surface area contributed by atoms with Crippen LogP contribution >= 0.6 is 67.9 Å². The molecule has 16 heteroatoms. The van der Waals surface area contributed by atoms with Gasteiger partial charge in [0.2, 0.25) is 0 Å². The van der Waals surface area contributed by atoms with Gasteiger partial charge in [-0.2, -0.15) is 26.3 Å². The van der Waals surface area contributed by atoms with Crippen molar-refractivity contribution < 1.29 is 35.9 Å². The van der Waals surface area contributed by atoms with Gasteiger partial charge in [-0.05, 0) is 25.9 Å². The van der Waals surface area contributed by atoms with Gasteiger partial charge in [0.15, 0.2) is 0 Å². The molecule has 1 rings (SSSR count). The molecular weight excluding hydrogens is 690 g/mol. The first-order valence-electron chi connectivity index (χ1n) is 8.17. The van der Waals surface area contributed by atoms with Gasteiger partial charge in [-0.15, -0.1) is 67.9 Å². The number of hydrogen-bond donors (Lipinski definition) is 2. The summed E-state index contributed by atoms with van der Waals surface area (Å²) in [6.45, 7) is -0.0132. The average molecular weight is 716 g/mol. The largest absolute Gasteiger partial charge is 0.471 e. The number of nitrogens with one attached hydrogen (secondary N) is 2. The maximum atomic E-state index is 12.6. The van der Waals surface area contributed by atoms with Gasteiger partial charge < -0.3 is 20.4 Å². The minimum Gasteiger partial charge on any atom is -0.334 e. The van der Waals surface area contributed by atoms with Crippen LogP contribution < -0.4 is 10.6 Å². The van der Waals surface area contributed by atoms with Crippen LogP contribution in [0.3, 0.4) is 0 Å². The molecule has 1 saturated heterocycles. The molecule has 0 aromatic carbocycles. The second kappa shape index (κ2) is 17.9. The number of hydrogen-bond acceptors (Lipinski definition) is 4. The van der Waals surface area contributed by atoms with Crippen LogP contribution in [0.1, 0.15) is 12.8 Å². The zero-order valence-electron chi connectivity index (χ0n) is 15.7. The Balaban J connectivity index is -0.000000845. The Bertz CT molecular complexity index is 428. The molecule has 30 heavy (non-hydrogen) atoms. The lowest BCUT2D eigenvalue weighted by molar-refractivity contribution is -0.185. The Morgan fingerprint density at radius 1 is 0.567 bits per heavy atom. The first-order valence-corrected chi connectivity index (χ1v) is 8.17. The summed E-state index contributed by atoms with van der Waals surface area (Å²) in [6.07, 6.45) is -9.49. The third-order valence-corrected chi connectivity index (χ3v) is 3.74. The van der Waals surface area contributed by atoms with Gasteiger partial charge in [-0.1, -0.05) is 0 Å². The molecule has 0 atom stereocenters. The van der Waals surface area contributed by atoms with E-state index in [1.165, 1.54) is 0 Å². The van der Waals surface area contributed by atoms with Crippen molar-refractivity contribution in [3.8, 4) is 0 Å². The first-order chi connectivity index (χ1) is 12.0. The predicted molar refractivity (Wildman–Crippen MR) is 122 cm³/mol. The number of halogens is 10. The Morgan fingerprint density at radius 2 is 0.867 bits per heavy atom. The van der Waals surface area contributed by atoms with Crippen LogP contribution in [-0.2, 0) is 9.59 Å². The van der Waals surface area contributed by atoms with E-state index in [0.29, 0.717) is 9.80 Å².